The molecule has 0 aromatic heterocycles. The van der Waals surface area contributed by atoms with E-state index in [0.717, 1.165) is 12.8 Å². The highest BCUT2D eigenvalue weighted by molar-refractivity contribution is 7.91. The first kappa shape index (κ1) is 37.5. The molecule has 3 fully saturated rings. The molecule has 3 heterocycles. The molecule has 14 nitrogen and oxygen atoms in total. The van der Waals surface area contributed by atoms with Gasteiger partial charge in [0.05, 0.1) is 11.8 Å². The Morgan fingerprint density at radius 2 is 1.85 bits per heavy atom. The van der Waals surface area contributed by atoms with Gasteiger partial charge in [0, 0.05) is 25.4 Å². The zero-order valence-electron chi connectivity index (χ0n) is 29.8. The highest BCUT2D eigenvalue weighted by Gasteiger charge is 2.62. The van der Waals surface area contributed by atoms with Crippen molar-refractivity contribution in [2.24, 2.45) is 5.92 Å². The van der Waals surface area contributed by atoms with E-state index in [9.17, 15) is 36.8 Å². The molecule has 6 rings (SSSR count). The third kappa shape index (κ3) is 8.53. The molecule has 1 saturated heterocycles. The summed E-state index contributed by atoms with van der Waals surface area (Å²) in [6.45, 7) is 5.26. The lowest BCUT2D eigenvalue weighted by molar-refractivity contribution is -0.141. The zero-order valence-corrected chi connectivity index (χ0v) is 30.6. The summed E-state index contributed by atoms with van der Waals surface area (Å²) in [5, 5.41) is 4.81. The van der Waals surface area contributed by atoms with Gasteiger partial charge in [-0.2, -0.15) is 0 Å². The summed E-state index contributed by atoms with van der Waals surface area (Å²) in [6.07, 6.45) is 5.55. The highest BCUT2D eigenvalue weighted by Crippen LogP contribution is 2.46. The van der Waals surface area contributed by atoms with E-state index in [1.165, 1.54) is 15.9 Å². The standard InChI is InChI=1S/C36H48FN5O9S/c1-35(2,3)51-33(46)38-28-13-8-6-4-5-7-11-23-19-36(23,32(45)40-52(48,49)25-14-15-25)39-30(43)29-18-24(21-42(29)31(28)44)50-34(47)41-17-16-26-22(20-41)10-9-12-27(26)37/h7,9-12,23-25,28-29H,4-6,8,13-21H2,1-3H3,(H,38,46)(H,39,43)(H,40,45)/b11-7-/t23-,24+,28-,29-,36+/m0/s1. The smallest absolute Gasteiger partial charge is 0.410 e. The molecule has 5 atom stereocenters. The zero-order chi connectivity index (χ0) is 37.4. The molecule has 284 valence electrons. The van der Waals surface area contributed by atoms with Gasteiger partial charge in [-0.05, 0) is 82.9 Å². The minimum atomic E-state index is -3.92. The van der Waals surface area contributed by atoms with Gasteiger partial charge in [0.2, 0.25) is 21.8 Å². The first-order valence-corrected chi connectivity index (χ1v) is 19.7. The Morgan fingerprint density at radius 1 is 1.08 bits per heavy atom. The Balaban J connectivity index is 1.25. The number of hydrogen-bond acceptors (Lipinski definition) is 9. The highest BCUT2D eigenvalue weighted by atomic mass is 32.2. The van der Waals surface area contributed by atoms with E-state index in [0.29, 0.717) is 43.2 Å². The molecule has 0 spiro atoms. The maximum atomic E-state index is 14.3. The molecule has 3 N–H and O–H groups in total. The Morgan fingerprint density at radius 3 is 2.58 bits per heavy atom. The maximum Gasteiger partial charge on any atom is 0.410 e. The van der Waals surface area contributed by atoms with E-state index >= 15 is 0 Å². The van der Waals surface area contributed by atoms with Gasteiger partial charge < -0.3 is 29.9 Å². The van der Waals surface area contributed by atoms with Crippen molar-refractivity contribution >= 4 is 39.9 Å². The Labute approximate surface area is 303 Å². The summed E-state index contributed by atoms with van der Waals surface area (Å²) >= 11 is 0. The van der Waals surface area contributed by atoms with E-state index in [-0.39, 0.29) is 44.7 Å². The van der Waals surface area contributed by atoms with Crippen LogP contribution in [-0.4, -0.2) is 95.8 Å². The summed E-state index contributed by atoms with van der Waals surface area (Å²) in [6, 6.07) is 2.41. The number of nitrogens with one attached hydrogen (secondary N) is 3. The van der Waals surface area contributed by atoms with Crippen molar-refractivity contribution in [3.8, 4) is 0 Å². The Hall–Kier alpha value is -4.21. The molecule has 5 amide bonds. The molecular weight excluding hydrogens is 697 g/mol. The Kier molecular flexibility index (Phi) is 10.6. The predicted molar refractivity (Wildman–Crippen MR) is 185 cm³/mol. The van der Waals surface area contributed by atoms with Crippen LogP contribution in [0.15, 0.2) is 30.4 Å². The number of nitrogens with zero attached hydrogens (tertiary/aromatic N) is 2. The normalized spacial score (nSPS) is 28.8. The topological polar surface area (TPSA) is 181 Å². The number of benzene rings is 1. The van der Waals surface area contributed by atoms with E-state index < -0.39 is 80.4 Å². The second-order valence-electron chi connectivity index (χ2n) is 15.5. The molecule has 1 aromatic rings. The summed E-state index contributed by atoms with van der Waals surface area (Å²) < 4.78 is 53.3. The van der Waals surface area contributed by atoms with Crippen LogP contribution in [0.4, 0.5) is 14.0 Å². The molecule has 5 aliphatic rings. The average molecular weight is 746 g/mol. The van der Waals surface area contributed by atoms with Gasteiger partial charge in [-0.25, -0.2) is 22.4 Å². The number of allylic oxidation sites excluding steroid dienone is 1. The number of carbonyl (C=O) groups is 5. The van der Waals surface area contributed by atoms with Crippen molar-refractivity contribution in [1.29, 1.82) is 0 Å². The van der Waals surface area contributed by atoms with Crippen LogP contribution in [0, 0.1) is 11.7 Å². The summed E-state index contributed by atoms with van der Waals surface area (Å²) in [7, 11) is -3.92. The number of amides is 5. The van der Waals surface area contributed by atoms with Crippen LogP contribution >= 0.6 is 0 Å². The van der Waals surface area contributed by atoms with Crippen LogP contribution < -0.4 is 15.4 Å². The van der Waals surface area contributed by atoms with Gasteiger partial charge >= 0.3 is 12.2 Å². The largest absolute Gasteiger partial charge is 0.444 e. The molecule has 2 saturated carbocycles. The van der Waals surface area contributed by atoms with Crippen molar-refractivity contribution in [2.45, 2.75) is 126 Å². The van der Waals surface area contributed by atoms with Gasteiger partial charge in [0.1, 0.15) is 35.1 Å². The van der Waals surface area contributed by atoms with Crippen molar-refractivity contribution in [3.05, 3.63) is 47.3 Å². The monoisotopic (exact) mass is 745 g/mol. The SMILES string of the molecule is CC(C)(C)OC(=O)N[C@H]1CCCCC/C=C\[C@H]2C[C@@]2(C(=O)NS(=O)(=O)C2CC2)NC(=O)[C@@H]2C[C@@H](OC(=O)N3CCc4c(F)cccc4C3)CN2C1=O. The molecule has 52 heavy (non-hydrogen) atoms. The van der Waals surface area contributed by atoms with Crippen LogP contribution in [0.3, 0.4) is 0 Å². The van der Waals surface area contributed by atoms with Crippen LogP contribution in [-0.2, 0) is 46.8 Å². The first-order valence-electron chi connectivity index (χ1n) is 18.1. The first-order chi connectivity index (χ1) is 24.6. The lowest BCUT2D eigenvalue weighted by Crippen LogP contribution is -2.58. The number of rotatable bonds is 5. The number of hydrogen-bond donors (Lipinski definition) is 3. The molecule has 0 unspecified atom stereocenters. The van der Waals surface area contributed by atoms with Crippen molar-refractivity contribution in [1.82, 2.24) is 25.2 Å². The molecule has 2 aliphatic carbocycles. The number of sulfonamides is 1. The summed E-state index contributed by atoms with van der Waals surface area (Å²) in [5.74, 6) is -2.94. The lowest BCUT2D eigenvalue weighted by Gasteiger charge is -2.30. The number of alkyl carbamates (subject to hydrolysis) is 1. The Bertz CT molecular complexity index is 1740. The fourth-order valence-electron chi connectivity index (χ4n) is 7.23. The minimum absolute atomic E-state index is 0.111. The van der Waals surface area contributed by atoms with Crippen molar-refractivity contribution < 1.29 is 46.3 Å². The molecule has 16 heteroatoms. The molecule has 3 aliphatic heterocycles. The van der Waals surface area contributed by atoms with Crippen LogP contribution in [0.1, 0.15) is 89.7 Å². The quantitative estimate of drug-likeness (QED) is 0.382. The molecule has 0 radical (unpaired) electrons. The summed E-state index contributed by atoms with van der Waals surface area (Å²) in [4.78, 5) is 71.1. The van der Waals surface area contributed by atoms with Gasteiger partial charge in [0.25, 0.3) is 5.91 Å². The lowest BCUT2D eigenvalue weighted by atomic mass is 9.99. The van der Waals surface area contributed by atoms with Crippen molar-refractivity contribution in [3.63, 3.8) is 0 Å². The second-order valence-corrected chi connectivity index (χ2v) is 17.5. The van der Waals surface area contributed by atoms with Gasteiger partial charge in [-0.15, -0.1) is 0 Å². The average Bonchev–Trinajstić information content (AvgIpc) is 3.99. The van der Waals surface area contributed by atoms with Gasteiger partial charge in [-0.3, -0.25) is 19.1 Å². The number of halogens is 1. The second kappa shape index (κ2) is 14.7. The molecular formula is C36H48FN5O9S. The third-order valence-corrected chi connectivity index (χ3v) is 12.1. The minimum Gasteiger partial charge on any atom is -0.444 e. The van der Waals surface area contributed by atoms with E-state index in [1.807, 2.05) is 12.2 Å². The van der Waals surface area contributed by atoms with Gasteiger partial charge in [0.15, 0.2) is 0 Å². The summed E-state index contributed by atoms with van der Waals surface area (Å²) in [5.41, 5.74) is -1.18. The fraction of sp³-hybridized carbons (Fsp3) is 0.639. The number of fused-ring (bicyclic) bond motifs is 3. The van der Waals surface area contributed by atoms with Crippen molar-refractivity contribution in [2.75, 3.05) is 13.1 Å². The number of carbonyl (C=O) groups excluding carboxylic acids is 5. The van der Waals surface area contributed by atoms with Gasteiger partial charge in [-0.1, -0.05) is 37.1 Å². The van der Waals surface area contributed by atoms with E-state index in [2.05, 4.69) is 15.4 Å². The van der Waals surface area contributed by atoms with E-state index in [4.69, 9.17) is 9.47 Å². The maximum absolute atomic E-state index is 14.3. The van der Waals surface area contributed by atoms with Crippen LogP contribution in [0.5, 0.6) is 0 Å². The van der Waals surface area contributed by atoms with Crippen LogP contribution in [0.25, 0.3) is 0 Å². The van der Waals surface area contributed by atoms with Crippen LogP contribution in [0.2, 0.25) is 0 Å². The molecule has 1 aromatic carbocycles. The predicted octanol–water partition coefficient (Wildman–Crippen LogP) is 3.19. The number of ether oxygens (including phenoxy) is 2. The fourth-order valence-corrected chi connectivity index (χ4v) is 8.60. The van der Waals surface area contributed by atoms with E-state index in [1.54, 1.807) is 32.9 Å². The molecule has 0 bridgehead atoms. The third-order valence-electron chi connectivity index (χ3n) is 10.3.